The van der Waals surface area contributed by atoms with E-state index in [0.29, 0.717) is 99.9 Å². The van der Waals surface area contributed by atoms with E-state index in [2.05, 4.69) is 66.0 Å². The van der Waals surface area contributed by atoms with Crippen LogP contribution in [0.1, 0.15) is 65.6 Å². The summed E-state index contributed by atoms with van der Waals surface area (Å²) in [6.07, 6.45) is -0.00500. The summed E-state index contributed by atoms with van der Waals surface area (Å²) in [6, 6.07) is 23.9. The molecule has 4 N–H and O–H groups in total. The van der Waals surface area contributed by atoms with Gasteiger partial charge in [0.15, 0.2) is 5.82 Å². The number of aromatic hydroxyl groups is 2. The number of benzene rings is 4. The summed E-state index contributed by atoms with van der Waals surface area (Å²) in [5.41, 5.74) is 4.93. The first kappa shape index (κ1) is 57.2. The molecule has 4 aliphatic rings. The highest BCUT2D eigenvalue weighted by Gasteiger charge is 2.35. The van der Waals surface area contributed by atoms with Crippen molar-refractivity contribution in [1.82, 2.24) is 49.6 Å². The molecule has 3 amide bonds. The number of carbonyl (C=O) groups is 3. The lowest BCUT2D eigenvalue weighted by Gasteiger charge is -2.42. The first-order valence-electron chi connectivity index (χ1n) is 27.9. The normalized spacial score (nSPS) is 17.4. The Morgan fingerprint density at radius 3 is 2.35 bits per heavy atom. The highest BCUT2D eigenvalue weighted by atomic mass is 35.5. The van der Waals surface area contributed by atoms with Crippen molar-refractivity contribution in [2.24, 2.45) is 5.92 Å². The minimum absolute atomic E-state index is 0.0172. The third-order valence-electron chi connectivity index (χ3n) is 16.1. The number of carbonyl (C=O) groups excluding carboxylic acids is 3. The molecule has 0 unspecified atom stereocenters. The number of anilines is 3. The Morgan fingerprint density at radius 1 is 0.890 bits per heavy atom. The zero-order chi connectivity index (χ0) is 57.7. The number of halogens is 4. The van der Waals surface area contributed by atoms with E-state index < -0.39 is 24.5 Å². The molecule has 4 aromatic carbocycles. The lowest BCUT2D eigenvalue weighted by Crippen LogP contribution is -2.55. The zero-order valence-corrected chi connectivity index (χ0v) is 46.5. The maximum Gasteiger partial charge on any atom is 0.405 e. The predicted octanol–water partition coefficient (Wildman–Crippen LogP) is 7.33. The number of amides is 3. The van der Waals surface area contributed by atoms with E-state index in [9.17, 15) is 43.0 Å². The summed E-state index contributed by atoms with van der Waals surface area (Å²) in [4.78, 5) is 62.7. The molecule has 0 aliphatic carbocycles. The van der Waals surface area contributed by atoms with E-state index in [0.717, 1.165) is 90.7 Å². The van der Waals surface area contributed by atoms with E-state index >= 15 is 0 Å². The summed E-state index contributed by atoms with van der Waals surface area (Å²) < 4.78 is 40.6. The number of nitriles is 1. The number of aromatic nitrogens is 5. The van der Waals surface area contributed by atoms with Crippen LogP contribution in [0.15, 0.2) is 85.5 Å². The molecule has 0 radical (unpaired) electrons. The van der Waals surface area contributed by atoms with Crippen molar-refractivity contribution in [3.63, 3.8) is 0 Å². The van der Waals surface area contributed by atoms with Gasteiger partial charge in [0, 0.05) is 120 Å². The molecular formula is C59H66ClF3N14O5. The average Bonchev–Trinajstić information content (AvgIpc) is 4.01. The fraction of sp³-hybridized carbons (Fsp3) is 0.424. The number of hydrogen-bond donors (Lipinski definition) is 4. The van der Waals surface area contributed by atoms with Crippen LogP contribution in [0, 0.1) is 17.2 Å². The number of nitrogens with one attached hydrogen (secondary N) is 2. The molecule has 430 valence electrons. The number of hydrogen-bond acceptors (Lipinski definition) is 15. The summed E-state index contributed by atoms with van der Waals surface area (Å²) in [5, 5.41) is 46.9. The Morgan fingerprint density at radius 2 is 1.63 bits per heavy atom. The molecule has 23 heteroatoms. The summed E-state index contributed by atoms with van der Waals surface area (Å²) >= 11 is 6.79. The largest absolute Gasteiger partial charge is 0.508 e. The number of fused-ring (bicyclic) bond motifs is 2. The van der Waals surface area contributed by atoms with Crippen LogP contribution in [-0.2, 0) is 35.5 Å². The molecule has 1 atom stereocenters. The van der Waals surface area contributed by atoms with Gasteiger partial charge in [-0.3, -0.25) is 23.9 Å². The lowest BCUT2D eigenvalue weighted by atomic mass is 9.95. The number of alkyl halides is 3. The van der Waals surface area contributed by atoms with Gasteiger partial charge in [-0.05, 0) is 84.5 Å². The second kappa shape index (κ2) is 25.0. The van der Waals surface area contributed by atoms with Gasteiger partial charge in [0.25, 0.3) is 5.91 Å². The highest BCUT2D eigenvalue weighted by Crippen LogP contribution is 2.39. The first-order valence-corrected chi connectivity index (χ1v) is 28.2. The van der Waals surface area contributed by atoms with Gasteiger partial charge in [-0.1, -0.05) is 61.5 Å². The van der Waals surface area contributed by atoms with Crippen LogP contribution in [0.25, 0.3) is 27.8 Å². The summed E-state index contributed by atoms with van der Waals surface area (Å²) in [6.45, 7) is 13.3. The summed E-state index contributed by atoms with van der Waals surface area (Å²) in [5.74, 6) is -0.422. The van der Waals surface area contributed by atoms with Crippen molar-refractivity contribution in [3.8, 4) is 34.6 Å². The molecule has 4 aliphatic heterocycles. The van der Waals surface area contributed by atoms with Crippen molar-refractivity contribution in [3.05, 3.63) is 119 Å². The number of piperazine rings is 2. The maximum atomic E-state index is 13.7. The quantitative estimate of drug-likeness (QED) is 0.0658. The van der Waals surface area contributed by atoms with E-state index in [4.69, 9.17) is 21.6 Å². The molecule has 82 heavy (non-hydrogen) atoms. The Bertz CT molecular complexity index is 3370. The van der Waals surface area contributed by atoms with Gasteiger partial charge in [0.2, 0.25) is 23.6 Å². The Balaban J connectivity index is 0.724. The van der Waals surface area contributed by atoms with Gasteiger partial charge in [0.1, 0.15) is 23.9 Å². The number of phenols is 2. The van der Waals surface area contributed by atoms with Crippen LogP contribution in [-0.4, -0.2) is 170 Å². The minimum Gasteiger partial charge on any atom is -0.508 e. The molecule has 0 saturated carbocycles. The SMILES string of the molecule is C=CC(=O)N1CCN(c2nc(NCCC(=O)N3CCC(CN4CCN(Cc5ccc(-n6c(C(=O)NCC(F)(F)F)nnc6-c6cc(CC)c(O)cc6O)cc5)CC4)CC3)nc3c2CCN(c2cccc4cccc(Cl)c24)C3)C[C@H]1CC#N. The van der Waals surface area contributed by atoms with Gasteiger partial charge in [-0.2, -0.15) is 23.4 Å². The van der Waals surface area contributed by atoms with E-state index in [1.54, 1.807) is 17.0 Å². The fourth-order valence-corrected chi connectivity index (χ4v) is 12.0. The molecule has 6 aromatic rings. The van der Waals surface area contributed by atoms with Crippen LogP contribution in [0.2, 0.25) is 5.02 Å². The molecule has 3 fully saturated rings. The van der Waals surface area contributed by atoms with Gasteiger partial charge in [0.05, 0.1) is 41.4 Å². The van der Waals surface area contributed by atoms with E-state index in [1.165, 1.54) is 16.7 Å². The Labute approximate surface area is 478 Å². The van der Waals surface area contributed by atoms with E-state index in [1.807, 2.05) is 47.5 Å². The molecule has 2 aromatic heterocycles. The topological polar surface area (TPSA) is 215 Å². The monoisotopic (exact) mass is 1140 g/mol. The first-order chi connectivity index (χ1) is 39.6. The molecule has 3 saturated heterocycles. The molecular weight excluding hydrogens is 1080 g/mol. The van der Waals surface area contributed by atoms with Crippen molar-refractivity contribution in [2.75, 3.05) is 100 Å². The third-order valence-corrected chi connectivity index (χ3v) is 16.4. The third kappa shape index (κ3) is 12.9. The van der Waals surface area contributed by atoms with Crippen LogP contribution in [0.4, 0.5) is 30.6 Å². The minimum atomic E-state index is -4.65. The zero-order valence-electron chi connectivity index (χ0n) is 45.7. The van der Waals surface area contributed by atoms with Crippen molar-refractivity contribution in [1.29, 1.82) is 5.26 Å². The van der Waals surface area contributed by atoms with Crippen LogP contribution >= 0.6 is 11.6 Å². The standard InChI is InChI=1S/C59H66ClF3N14O5/c1-3-40-31-45(50(79)32-49(40)78)55-69-70-56(57(82)66-37-59(61,62)63)77(55)42-13-11-38(12-14-42)33-71-25-27-72(28-26-71)34-39-17-22-73(23-18-39)52(81)16-21-65-58-67-47-36-74(48-10-6-8-41-7-5-9-46(60)53(41)48)24-19-44(47)54(68-58)75-29-30-76(51(80)4-2)43(35-75)15-20-64/h4-14,31-32,39,43,78-79H,2-3,15-19,21-30,33-37H2,1H3,(H,66,82)(H,65,67,68)/t43-/m1/s1. The number of rotatable bonds is 17. The highest BCUT2D eigenvalue weighted by molar-refractivity contribution is 6.36. The number of phenolic OH excluding ortho intramolecular Hbond substituents is 2. The Hall–Kier alpha value is -8.00. The van der Waals surface area contributed by atoms with Crippen LogP contribution in [0.5, 0.6) is 11.5 Å². The smallest absolute Gasteiger partial charge is 0.405 e. The summed E-state index contributed by atoms with van der Waals surface area (Å²) in [7, 11) is 0. The van der Waals surface area contributed by atoms with Gasteiger partial charge < -0.3 is 45.3 Å². The maximum absolute atomic E-state index is 13.7. The predicted molar refractivity (Wildman–Crippen MR) is 306 cm³/mol. The molecule has 0 bridgehead atoms. The number of likely N-dealkylation sites (tertiary alicyclic amines) is 1. The van der Waals surface area contributed by atoms with Gasteiger partial charge >= 0.3 is 6.18 Å². The van der Waals surface area contributed by atoms with Crippen molar-refractivity contribution >= 4 is 57.5 Å². The molecule has 6 heterocycles. The van der Waals surface area contributed by atoms with Gasteiger partial charge in [-0.25, -0.2) is 4.98 Å². The van der Waals surface area contributed by atoms with Crippen molar-refractivity contribution < 1.29 is 37.8 Å². The number of aryl methyl sites for hydroxylation is 1. The van der Waals surface area contributed by atoms with Crippen molar-refractivity contribution in [2.45, 2.75) is 70.8 Å². The van der Waals surface area contributed by atoms with E-state index in [-0.39, 0.29) is 53.6 Å². The average molecular weight is 1140 g/mol. The molecule has 0 spiro atoms. The number of nitrogens with zero attached hydrogens (tertiary/aromatic N) is 12. The molecule has 10 rings (SSSR count). The second-order valence-electron chi connectivity index (χ2n) is 21.4. The van der Waals surface area contributed by atoms with Crippen LogP contribution < -0.4 is 20.4 Å². The van der Waals surface area contributed by atoms with Gasteiger partial charge in [-0.15, -0.1) is 10.2 Å². The second-order valence-corrected chi connectivity index (χ2v) is 21.8. The Kier molecular flexibility index (Phi) is 17.5. The number of piperidine rings is 1. The lowest BCUT2D eigenvalue weighted by molar-refractivity contribution is -0.132. The fourth-order valence-electron chi connectivity index (χ4n) is 11.7. The van der Waals surface area contributed by atoms with Crippen LogP contribution in [0.3, 0.4) is 0 Å². The molecule has 19 nitrogen and oxygen atoms in total.